The van der Waals surface area contributed by atoms with Crippen LogP contribution in [0, 0.1) is 5.82 Å². The van der Waals surface area contributed by atoms with E-state index in [1.54, 1.807) is 0 Å². The number of alkyl halides is 1. The molecule has 0 aromatic heterocycles. The van der Waals surface area contributed by atoms with E-state index in [4.69, 9.17) is 11.6 Å². The maximum atomic E-state index is 12.8. The Morgan fingerprint density at radius 3 is 2.93 bits per heavy atom. The SMILES string of the molecule is O=C(NCCBr)c1cc(F)ccc1Cl. The van der Waals surface area contributed by atoms with E-state index in [0.717, 1.165) is 6.07 Å². The van der Waals surface area contributed by atoms with Crippen LogP contribution >= 0.6 is 27.5 Å². The number of benzene rings is 1. The zero-order chi connectivity index (χ0) is 10.6. The van der Waals surface area contributed by atoms with Crippen molar-refractivity contribution in [2.45, 2.75) is 0 Å². The Hall–Kier alpha value is -0.610. The standard InChI is InChI=1S/C9H8BrClFNO/c10-3-4-13-9(14)7-5-6(12)1-2-8(7)11/h1-2,5H,3-4H2,(H,13,14). The van der Waals surface area contributed by atoms with Crippen LogP contribution in [-0.2, 0) is 0 Å². The Morgan fingerprint density at radius 2 is 2.29 bits per heavy atom. The predicted molar refractivity (Wildman–Crippen MR) is 57.5 cm³/mol. The van der Waals surface area contributed by atoms with Crippen molar-refractivity contribution in [1.82, 2.24) is 5.32 Å². The van der Waals surface area contributed by atoms with Crippen molar-refractivity contribution >= 4 is 33.4 Å². The van der Waals surface area contributed by atoms with E-state index in [1.165, 1.54) is 12.1 Å². The Bertz CT molecular complexity index is 346. The molecule has 0 fully saturated rings. The van der Waals surface area contributed by atoms with E-state index in [1.807, 2.05) is 0 Å². The van der Waals surface area contributed by atoms with Crippen molar-refractivity contribution in [2.75, 3.05) is 11.9 Å². The molecule has 1 aromatic rings. The molecular weight excluding hydrogens is 272 g/mol. The van der Waals surface area contributed by atoms with Crippen LogP contribution in [0.1, 0.15) is 10.4 Å². The Morgan fingerprint density at radius 1 is 1.57 bits per heavy atom. The zero-order valence-electron chi connectivity index (χ0n) is 7.19. The summed E-state index contributed by atoms with van der Waals surface area (Å²) < 4.78 is 12.8. The van der Waals surface area contributed by atoms with Gasteiger partial charge in [-0.05, 0) is 18.2 Å². The molecule has 5 heteroatoms. The second-order valence-electron chi connectivity index (χ2n) is 2.57. The lowest BCUT2D eigenvalue weighted by Gasteiger charge is -2.04. The van der Waals surface area contributed by atoms with Crippen LogP contribution in [0.5, 0.6) is 0 Å². The van der Waals surface area contributed by atoms with Gasteiger partial charge in [-0.25, -0.2) is 4.39 Å². The average molecular weight is 281 g/mol. The van der Waals surface area contributed by atoms with E-state index in [2.05, 4.69) is 21.2 Å². The molecule has 2 nitrogen and oxygen atoms in total. The lowest BCUT2D eigenvalue weighted by molar-refractivity contribution is 0.0956. The van der Waals surface area contributed by atoms with Gasteiger partial charge in [0.25, 0.3) is 5.91 Å². The first-order valence-electron chi connectivity index (χ1n) is 3.94. The molecule has 1 rings (SSSR count). The molecule has 0 saturated heterocycles. The van der Waals surface area contributed by atoms with Gasteiger partial charge in [0.05, 0.1) is 10.6 Å². The van der Waals surface area contributed by atoms with Gasteiger partial charge in [-0.1, -0.05) is 27.5 Å². The number of amides is 1. The third kappa shape index (κ3) is 2.96. The van der Waals surface area contributed by atoms with Crippen LogP contribution in [-0.4, -0.2) is 17.8 Å². The molecule has 1 N–H and O–H groups in total. The minimum Gasteiger partial charge on any atom is -0.351 e. The van der Waals surface area contributed by atoms with Crippen molar-refractivity contribution in [2.24, 2.45) is 0 Å². The fourth-order valence-corrected chi connectivity index (χ4v) is 1.33. The second-order valence-corrected chi connectivity index (χ2v) is 3.77. The zero-order valence-corrected chi connectivity index (χ0v) is 9.53. The number of halogens is 3. The molecule has 76 valence electrons. The minimum absolute atomic E-state index is 0.160. The molecule has 14 heavy (non-hydrogen) atoms. The highest BCUT2D eigenvalue weighted by molar-refractivity contribution is 9.09. The van der Waals surface area contributed by atoms with E-state index >= 15 is 0 Å². The van der Waals surface area contributed by atoms with Gasteiger partial charge in [-0.3, -0.25) is 4.79 Å². The van der Waals surface area contributed by atoms with Crippen LogP contribution in [0.15, 0.2) is 18.2 Å². The average Bonchev–Trinajstić information content (AvgIpc) is 2.18. The summed E-state index contributed by atoms with van der Waals surface area (Å²) in [7, 11) is 0. The van der Waals surface area contributed by atoms with Crippen LogP contribution in [0.2, 0.25) is 5.02 Å². The monoisotopic (exact) mass is 279 g/mol. The smallest absolute Gasteiger partial charge is 0.252 e. The Labute approximate surface area is 94.6 Å². The topological polar surface area (TPSA) is 29.1 Å². The molecular formula is C9H8BrClFNO. The molecule has 0 aliphatic rings. The molecule has 0 aliphatic heterocycles. The highest BCUT2D eigenvalue weighted by Gasteiger charge is 2.10. The number of carbonyl (C=O) groups excluding carboxylic acids is 1. The summed E-state index contributed by atoms with van der Waals surface area (Å²) >= 11 is 8.89. The molecule has 0 aliphatic carbocycles. The summed E-state index contributed by atoms with van der Waals surface area (Å²) in [6, 6.07) is 3.69. The first kappa shape index (κ1) is 11.5. The van der Waals surface area contributed by atoms with Gasteiger partial charge in [0.1, 0.15) is 5.82 Å². The molecule has 1 amide bonds. The molecule has 0 bridgehead atoms. The van der Waals surface area contributed by atoms with Gasteiger partial charge in [0, 0.05) is 11.9 Å². The fraction of sp³-hybridized carbons (Fsp3) is 0.222. The summed E-state index contributed by atoms with van der Waals surface area (Å²) in [5.41, 5.74) is 0.160. The lowest BCUT2D eigenvalue weighted by Crippen LogP contribution is -2.25. The molecule has 0 saturated carbocycles. The van der Waals surface area contributed by atoms with Gasteiger partial charge in [-0.2, -0.15) is 0 Å². The highest BCUT2D eigenvalue weighted by atomic mass is 79.9. The maximum absolute atomic E-state index is 12.8. The minimum atomic E-state index is -0.474. The fourth-order valence-electron chi connectivity index (χ4n) is 0.928. The summed E-state index contributed by atoms with van der Waals surface area (Å²) in [6.07, 6.45) is 0. The predicted octanol–water partition coefficient (Wildman–Crippen LogP) is 2.60. The van der Waals surface area contributed by atoms with Gasteiger partial charge in [0.15, 0.2) is 0 Å². The maximum Gasteiger partial charge on any atom is 0.252 e. The van der Waals surface area contributed by atoms with Crippen molar-refractivity contribution in [3.63, 3.8) is 0 Å². The van der Waals surface area contributed by atoms with Gasteiger partial charge >= 0.3 is 0 Å². The first-order chi connectivity index (χ1) is 6.65. The molecule has 0 unspecified atom stereocenters. The third-order valence-electron chi connectivity index (χ3n) is 1.55. The van der Waals surface area contributed by atoms with Crippen LogP contribution in [0.25, 0.3) is 0 Å². The number of hydrogen-bond donors (Lipinski definition) is 1. The van der Waals surface area contributed by atoms with E-state index < -0.39 is 5.82 Å². The summed E-state index contributed by atoms with van der Waals surface area (Å²) in [4.78, 5) is 11.4. The number of hydrogen-bond acceptors (Lipinski definition) is 1. The summed E-state index contributed by atoms with van der Waals surface area (Å²) in [5.74, 6) is -0.840. The first-order valence-corrected chi connectivity index (χ1v) is 5.44. The lowest BCUT2D eigenvalue weighted by atomic mass is 10.2. The molecule has 0 atom stereocenters. The van der Waals surface area contributed by atoms with Gasteiger partial charge in [0.2, 0.25) is 0 Å². The number of rotatable bonds is 3. The molecule has 1 aromatic carbocycles. The number of carbonyl (C=O) groups is 1. The largest absolute Gasteiger partial charge is 0.351 e. The summed E-state index contributed by atoms with van der Waals surface area (Å²) in [5, 5.41) is 3.47. The van der Waals surface area contributed by atoms with Crippen molar-refractivity contribution in [3.05, 3.63) is 34.6 Å². The van der Waals surface area contributed by atoms with Crippen molar-refractivity contribution < 1.29 is 9.18 Å². The molecule has 0 spiro atoms. The summed E-state index contributed by atoms with van der Waals surface area (Å²) in [6.45, 7) is 0.478. The van der Waals surface area contributed by atoms with Crippen molar-refractivity contribution in [3.8, 4) is 0 Å². The quantitative estimate of drug-likeness (QED) is 0.847. The van der Waals surface area contributed by atoms with Gasteiger partial charge < -0.3 is 5.32 Å². The Kier molecular flexibility index (Phi) is 4.35. The van der Waals surface area contributed by atoms with Crippen LogP contribution in [0.3, 0.4) is 0 Å². The van der Waals surface area contributed by atoms with E-state index in [-0.39, 0.29) is 16.5 Å². The third-order valence-corrected chi connectivity index (χ3v) is 2.28. The Balaban J connectivity index is 2.83. The van der Waals surface area contributed by atoms with Crippen LogP contribution < -0.4 is 5.32 Å². The number of nitrogens with one attached hydrogen (secondary N) is 1. The van der Waals surface area contributed by atoms with E-state index in [0.29, 0.717) is 11.9 Å². The van der Waals surface area contributed by atoms with Gasteiger partial charge in [-0.15, -0.1) is 0 Å². The highest BCUT2D eigenvalue weighted by Crippen LogP contribution is 2.16. The molecule has 0 radical (unpaired) electrons. The normalized spacial score (nSPS) is 9.93. The molecule has 0 heterocycles. The van der Waals surface area contributed by atoms with Crippen LogP contribution in [0.4, 0.5) is 4.39 Å². The van der Waals surface area contributed by atoms with Crippen molar-refractivity contribution in [1.29, 1.82) is 0 Å². The second kappa shape index (κ2) is 5.32. The van der Waals surface area contributed by atoms with E-state index in [9.17, 15) is 9.18 Å².